The topological polar surface area (TPSA) is 55.6 Å². The third-order valence-corrected chi connectivity index (χ3v) is 5.61. The van der Waals surface area contributed by atoms with Crippen LogP contribution in [0.4, 0.5) is 13.2 Å². The van der Waals surface area contributed by atoms with Crippen molar-refractivity contribution in [3.8, 4) is 0 Å². The van der Waals surface area contributed by atoms with E-state index in [4.69, 9.17) is 10.5 Å². The van der Waals surface area contributed by atoms with Crippen molar-refractivity contribution in [1.82, 2.24) is 4.90 Å². The summed E-state index contributed by atoms with van der Waals surface area (Å²) < 4.78 is 44.5. The fourth-order valence-electron chi connectivity index (χ4n) is 4.75. The van der Waals surface area contributed by atoms with E-state index >= 15 is 0 Å². The molecule has 1 aliphatic carbocycles. The molecule has 1 aliphatic heterocycles. The van der Waals surface area contributed by atoms with E-state index in [-0.39, 0.29) is 11.8 Å². The lowest BCUT2D eigenvalue weighted by Crippen LogP contribution is -2.60. The number of halogens is 3. The molecule has 2 unspecified atom stereocenters. The van der Waals surface area contributed by atoms with Gasteiger partial charge < -0.3 is 10.5 Å². The Morgan fingerprint density at radius 3 is 2.48 bits per heavy atom. The first kappa shape index (κ1) is 18.2. The van der Waals surface area contributed by atoms with Crippen LogP contribution in [0.5, 0.6) is 0 Å². The number of carbonyl (C=O) groups is 1. The van der Waals surface area contributed by atoms with Crippen molar-refractivity contribution in [3.63, 3.8) is 0 Å². The summed E-state index contributed by atoms with van der Waals surface area (Å²) in [5, 5.41) is 0. The molecule has 138 valence electrons. The van der Waals surface area contributed by atoms with E-state index < -0.39 is 24.2 Å². The zero-order valence-corrected chi connectivity index (χ0v) is 14.2. The van der Waals surface area contributed by atoms with Crippen LogP contribution >= 0.6 is 0 Å². The van der Waals surface area contributed by atoms with Gasteiger partial charge in [-0.2, -0.15) is 13.2 Å². The summed E-state index contributed by atoms with van der Waals surface area (Å²) >= 11 is 0. The van der Waals surface area contributed by atoms with E-state index in [1.807, 2.05) is 6.07 Å². The molecule has 2 aliphatic rings. The van der Waals surface area contributed by atoms with Gasteiger partial charge in [0.15, 0.2) is 0 Å². The predicted octanol–water partition coefficient (Wildman–Crippen LogP) is 2.92. The van der Waals surface area contributed by atoms with Crippen LogP contribution in [-0.4, -0.2) is 43.7 Å². The zero-order valence-electron chi connectivity index (χ0n) is 14.2. The fraction of sp³-hybridized carbons (Fsp3) is 0.611. The van der Waals surface area contributed by atoms with Crippen molar-refractivity contribution in [1.29, 1.82) is 0 Å². The lowest BCUT2D eigenvalue weighted by Gasteiger charge is -2.55. The molecule has 1 saturated carbocycles. The van der Waals surface area contributed by atoms with Gasteiger partial charge in [0.05, 0.1) is 6.54 Å². The van der Waals surface area contributed by atoms with Crippen molar-refractivity contribution >= 4 is 5.91 Å². The average Bonchev–Trinajstić information content (AvgIpc) is 2.52. The van der Waals surface area contributed by atoms with Crippen molar-refractivity contribution in [3.05, 3.63) is 35.4 Å². The Morgan fingerprint density at radius 1 is 1.32 bits per heavy atom. The number of fused-ring (bicyclic) bond motifs is 2. The Kier molecular flexibility index (Phi) is 4.81. The maximum atomic E-state index is 12.8. The van der Waals surface area contributed by atoms with Crippen LogP contribution in [0.3, 0.4) is 0 Å². The molecule has 4 nitrogen and oxygen atoms in total. The Bertz CT molecular complexity index is 633. The van der Waals surface area contributed by atoms with E-state index in [0.29, 0.717) is 18.7 Å². The number of carbonyl (C=O) groups excluding carboxylic acids is 1. The lowest BCUT2D eigenvalue weighted by atomic mass is 9.62. The average molecular weight is 356 g/mol. The van der Waals surface area contributed by atoms with Gasteiger partial charge in [0.2, 0.25) is 5.91 Å². The first-order valence-corrected chi connectivity index (χ1v) is 8.51. The quantitative estimate of drug-likeness (QED) is 0.903. The first-order chi connectivity index (χ1) is 11.8. The molecule has 1 aromatic rings. The van der Waals surface area contributed by atoms with Crippen LogP contribution in [0, 0.1) is 11.8 Å². The number of nitrogens with zero attached hydrogens (tertiary/aromatic N) is 1. The van der Waals surface area contributed by atoms with Gasteiger partial charge in [-0.15, -0.1) is 0 Å². The number of likely N-dealkylation sites (tertiary alicyclic amines) is 1. The Labute approximate surface area is 145 Å². The van der Waals surface area contributed by atoms with E-state index in [0.717, 1.165) is 24.8 Å². The van der Waals surface area contributed by atoms with Gasteiger partial charge in [0.1, 0.15) is 5.60 Å². The number of methoxy groups -OCH3 is 1. The van der Waals surface area contributed by atoms with Gasteiger partial charge in [-0.3, -0.25) is 9.69 Å². The first-order valence-electron chi connectivity index (χ1n) is 8.51. The standard InChI is InChI=1S/C18H23F3N2O2/c1-25-18(13-5-2-4-12(8-13)16(22)24)14-6-3-7-15(18)10-23(9-14)11-17(19,20)21/h2,4-5,8,14-15H,3,6-7,9-11H2,1H3,(H2,22,24). The fourth-order valence-corrected chi connectivity index (χ4v) is 4.75. The largest absolute Gasteiger partial charge is 0.401 e. The molecule has 2 fully saturated rings. The van der Waals surface area contributed by atoms with Crippen molar-refractivity contribution in [2.24, 2.45) is 17.6 Å². The van der Waals surface area contributed by atoms with Crippen LogP contribution in [0.2, 0.25) is 0 Å². The SMILES string of the molecule is COC1(c2cccc(C(N)=O)c2)C2CCCC1CN(CC(F)(F)F)C2. The van der Waals surface area contributed by atoms with Gasteiger partial charge in [0, 0.05) is 37.6 Å². The van der Waals surface area contributed by atoms with E-state index in [9.17, 15) is 18.0 Å². The summed E-state index contributed by atoms with van der Waals surface area (Å²) in [4.78, 5) is 13.0. The second-order valence-corrected chi connectivity index (χ2v) is 7.08. The molecular weight excluding hydrogens is 333 g/mol. The summed E-state index contributed by atoms with van der Waals surface area (Å²) in [7, 11) is 1.61. The molecule has 0 spiro atoms. The highest BCUT2D eigenvalue weighted by Crippen LogP contribution is 2.51. The number of amides is 1. The molecular formula is C18H23F3N2O2. The Hall–Kier alpha value is -1.60. The lowest BCUT2D eigenvalue weighted by molar-refractivity contribution is -0.197. The second kappa shape index (κ2) is 6.61. The molecule has 0 radical (unpaired) electrons. The van der Waals surface area contributed by atoms with E-state index in [1.165, 1.54) is 4.90 Å². The zero-order chi connectivity index (χ0) is 18.2. The summed E-state index contributed by atoms with van der Waals surface area (Å²) in [5.41, 5.74) is 5.96. The van der Waals surface area contributed by atoms with Crippen LogP contribution in [0.1, 0.15) is 35.2 Å². The third-order valence-electron chi connectivity index (χ3n) is 5.61. The maximum absolute atomic E-state index is 12.8. The van der Waals surface area contributed by atoms with Crippen molar-refractivity contribution in [2.45, 2.75) is 31.0 Å². The molecule has 25 heavy (non-hydrogen) atoms. The van der Waals surface area contributed by atoms with E-state index in [2.05, 4.69) is 0 Å². The summed E-state index contributed by atoms with van der Waals surface area (Å²) in [5.74, 6) is -0.612. The van der Waals surface area contributed by atoms with Crippen molar-refractivity contribution < 1.29 is 22.7 Å². The van der Waals surface area contributed by atoms with Gasteiger partial charge in [-0.1, -0.05) is 18.6 Å². The summed E-state index contributed by atoms with van der Waals surface area (Å²) in [6, 6.07) is 7.02. The minimum absolute atomic E-state index is 0.0459. The van der Waals surface area contributed by atoms with Crippen LogP contribution in [0.15, 0.2) is 24.3 Å². The highest BCUT2D eigenvalue weighted by atomic mass is 19.4. The predicted molar refractivity (Wildman–Crippen MR) is 87.0 cm³/mol. The van der Waals surface area contributed by atoms with Gasteiger partial charge >= 0.3 is 6.18 Å². The molecule has 1 saturated heterocycles. The molecule has 2 bridgehead atoms. The second-order valence-electron chi connectivity index (χ2n) is 7.08. The summed E-state index contributed by atoms with van der Waals surface area (Å²) in [6.07, 6.45) is -1.61. The normalized spacial score (nSPS) is 30.2. The smallest absolute Gasteiger partial charge is 0.373 e. The number of hydrogen-bond donors (Lipinski definition) is 1. The number of piperidine rings is 1. The minimum atomic E-state index is -4.20. The minimum Gasteiger partial charge on any atom is -0.373 e. The Balaban J connectivity index is 1.96. The van der Waals surface area contributed by atoms with Crippen LogP contribution in [0.25, 0.3) is 0 Å². The number of benzene rings is 1. The molecule has 2 atom stereocenters. The van der Waals surface area contributed by atoms with Crippen LogP contribution in [-0.2, 0) is 10.3 Å². The van der Waals surface area contributed by atoms with E-state index in [1.54, 1.807) is 25.3 Å². The molecule has 1 heterocycles. The number of hydrogen-bond acceptors (Lipinski definition) is 3. The highest BCUT2D eigenvalue weighted by Gasteiger charge is 2.54. The van der Waals surface area contributed by atoms with Crippen LogP contribution < -0.4 is 5.73 Å². The molecule has 0 aromatic heterocycles. The van der Waals surface area contributed by atoms with Gasteiger partial charge in [0.25, 0.3) is 0 Å². The molecule has 7 heteroatoms. The number of nitrogens with two attached hydrogens (primary N) is 1. The molecule has 1 amide bonds. The number of ether oxygens (including phenoxy) is 1. The highest BCUT2D eigenvalue weighted by molar-refractivity contribution is 5.92. The van der Waals surface area contributed by atoms with Gasteiger partial charge in [-0.05, 0) is 30.5 Å². The number of alkyl halides is 3. The third kappa shape index (κ3) is 3.40. The summed E-state index contributed by atoms with van der Waals surface area (Å²) in [6.45, 7) is -0.212. The monoisotopic (exact) mass is 356 g/mol. The number of rotatable bonds is 4. The maximum Gasteiger partial charge on any atom is 0.401 e. The number of primary amides is 1. The molecule has 3 rings (SSSR count). The van der Waals surface area contributed by atoms with Crippen molar-refractivity contribution in [2.75, 3.05) is 26.7 Å². The van der Waals surface area contributed by atoms with Gasteiger partial charge in [-0.25, -0.2) is 0 Å². The Morgan fingerprint density at radius 2 is 1.96 bits per heavy atom. The molecule has 1 aromatic carbocycles. The molecule has 2 N–H and O–H groups in total.